The molecule has 0 saturated carbocycles. The van der Waals surface area contributed by atoms with Crippen LogP contribution in [0, 0.1) is 13.8 Å². The van der Waals surface area contributed by atoms with Crippen molar-refractivity contribution in [3.8, 4) is 5.75 Å². The van der Waals surface area contributed by atoms with Gasteiger partial charge >= 0.3 is 0 Å². The average molecular weight is 401 g/mol. The van der Waals surface area contributed by atoms with Gasteiger partial charge in [0.2, 0.25) is 0 Å². The van der Waals surface area contributed by atoms with Gasteiger partial charge in [-0.1, -0.05) is 29.8 Å². The van der Waals surface area contributed by atoms with Crippen molar-refractivity contribution in [2.45, 2.75) is 20.5 Å². The first-order valence-corrected chi connectivity index (χ1v) is 8.99. The van der Waals surface area contributed by atoms with Crippen molar-refractivity contribution in [2.24, 2.45) is 0 Å². The monoisotopic (exact) mass is 400 g/mol. The topological polar surface area (TPSA) is 67.4 Å². The first kappa shape index (κ1) is 19.1. The number of thiocarbonyl (C=S) groups is 1. The molecular weight excluding hydrogens is 384 g/mol. The lowest BCUT2D eigenvalue weighted by molar-refractivity contribution is -0.123. The van der Waals surface area contributed by atoms with E-state index in [0.717, 1.165) is 5.56 Å². The molecule has 0 radical (unpaired) electrons. The van der Waals surface area contributed by atoms with Crippen molar-refractivity contribution < 1.29 is 14.3 Å². The minimum absolute atomic E-state index is 0.0144. The number of nitrogens with one attached hydrogen (secondary N) is 2. The molecule has 2 amide bonds. The van der Waals surface area contributed by atoms with Crippen LogP contribution in [0.5, 0.6) is 5.75 Å². The van der Waals surface area contributed by atoms with Gasteiger partial charge in [-0.3, -0.25) is 20.2 Å². The molecule has 3 rings (SSSR count). The van der Waals surface area contributed by atoms with Crippen molar-refractivity contribution in [3.63, 3.8) is 0 Å². The summed E-state index contributed by atoms with van der Waals surface area (Å²) in [7, 11) is 0. The molecule has 0 aliphatic carbocycles. The van der Waals surface area contributed by atoms with E-state index in [1.54, 1.807) is 18.2 Å². The Hall–Kier alpha value is -2.70. The lowest BCUT2D eigenvalue weighted by atomic mass is 10.1. The highest BCUT2D eigenvalue weighted by molar-refractivity contribution is 7.80. The molecule has 2 aromatic rings. The van der Waals surface area contributed by atoms with Crippen LogP contribution in [0.25, 0.3) is 6.08 Å². The molecule has 2 aromatic carbocycles. The van der Waals surface area contributed by atoms with Crippen LogP contribution in [-0.2, 0) is 16.2 Å². The molecule has 0 atom stereocenters. The quantitative estimate of drug-likeness (QED) is 0.468. The molecule has 138 valence electrons. The number of hydrogen-bond acceptors (Lipinski definition) is 4. The van der Waals surface area contributed by atoms with Gasteiger partial charge in [-0.2, -0.15) is 0 Å². The molecule has 27 heavy (non-hydrogen) atoms. The fourth-order valence-corrected chi connectivity index (χ4v) is 2.95. The van der Waals surface area contributed by atoms with Gasteiger partial charge < -0.3 is 4.74 Å². The lowest BCUT2D eigenvalue weighted by Gasteiger charge is -2.17. The summed E-state index contributed by atoms with van der Waals surface area (Å²) in [6.07, 6.45) is 1.44. The van der Waals surface area contributed by atoms with Gasteiger partial charge in [-0.25, -0.2) is 0 Å². The predicted molar refractivity (Wildman–Crippen MR) is 109 cm³/mol. The SMILES string of the molecule is Cc1ccc(COc2ccc(Cl)cc2C=C2C(=O)NC(=S)NC2=O)cc1C. The van der Waals surface area contributed by atoms with Gasteiger partial charge in [0.15, 0.2) is 5.11 Å². The van der Waals surface area contributed by atoms with Crippen LogP contribution in [0.2, 0.25) is 5.02 Å². The molecule has 1 fully saturated rings. The predicted octanol–water partition coefficient (Wildman–Crippen LogP) is 3.45. The summed E-state index contributed by atoms with van der Waals surface area (Å²) >= 11 is 10.9. The van der Waals surface area contributed by atoms with Gasteiger partial charge in [-0.15, -0.1) is 0 Å². The van der Waals surface area contributed by atoms with Crippen LogP contribution in [-0.4, -0.2) is 16.9 Å². The van der Waals surface area contributed by atoms with E-state index in [1.807, 2.05) is 19.1 Å². The van der Waals surface area contributed by atoms with E-state index in [4.69, 9.17) is 28.6 Å². The molecule has 1 aliphatic rings. The molecule has 7 heteroatoms. The van der Waals surface area contributed by atoms with E-state index in [1.165, 1.54) is 17.2 Å². The molecule has 0 aromatic heterocycles. The fourth-order valence-electron chi connectivity index (χ4n) is 2.58. The third kappa shape index (κ3) is 4.53. The van der Waals surface area contributed by atoms with E-state index >= 15 is 0 Å². The van der Waals surface area contributed by atoms with Gasteiger partial charge in [0.1, 0.15) is 17.9 Å². The molecule has 1 saturated heterocycles. The molecule has 0 bridgehead atoms. The Balaban J connectivity index is 1.88. The first-order valence-electron chi connectivity index (χ1n) is 8.20. The van der Waals surface area contributed by atoms with E-state index in [2.05, 4.69) is 23.6 Å². The van der Waals surface area contributed by atoms with Gasteiger partial charge in [0.25, 0.3) is 11.8 Å². The zero-order valence-electron chi connectivity index (χ0n) is 14.8. The largest absolute Gasteiger partial charge is 0.488 e. The second kappa shape index (κ2) is 7.90. The van der Waals surface area contributed by atoms with E-state index in [-0.39, 0.29) is 10.7 Å². The smallest absolute Gasteiger partial charge is 0.263 e. The molecule has 0 unspecified atom stereocenters. The number of ether oxygens (including phenoxy) is 1. The van der Waals surface area contributed by atoms with E-state index < -0.39 is 11.8 Å². The van der Waals surface area contributed by atoms with E-state index in [9.17, 15) is 9.59 Å². The molecule has 1 heterocycles. The third-order valence-electron chi connectivity index (χ3n) is 4.18. The summed E-state index contributed by atoms with van der Waals surface area (Å²) in [5.41, 5.74) is 3.87. The standard InChI is InChI=1S/C20H17ClN2O3S/c1-11-3-4-13(7-12(11)2)10-26-17-6-5-15(21)8-14(17)9-16-18(24)22-20(27)23-19(16)25/h3-9H,10H2,1-2H3,(H2,22,23,24,25,27). The van der Waals surface area contributed by atoms with E-state index in [0.29, 0.717) is 22.9 Å². The Morgan fingerprint density at radius 3 is 2.41 bits per heavy atom. The molecule has 0 spiro atoms. The number of carbonyl (C=O) groups excluding carboxylic acids is 2. The van der Waals surface area contributed by atoms with Gasteiger partial charge in [-0.05, 0) is 67.0 Å². The van der Waals surface area contributed by atoms with Crippen molar-refractivity contribution in [1.29, 1.82) is 0 Å². The second-order valence-corrected chi connectivity index (χ2v) is 7.03. The fraction of sp³-hybridized carbons (Fsp3) is 0.150. The molecule has 2 N–H and O–H groups in total. The Bertz CT molecular complexity index is 963. The highest BCUT2D eigenvalue weighted by Gasteiger charge is 2.26. The number of aryl methyl sites for hydroxylation is 2. The maximum Gasteiger partial charge on any atom is 0.263 e. The van der Waals surface area contributed by atoms with Gasteiger partial charge in [0, 0.05) is 10.6 Å². The van der Waals surface area contributed by atoms with Crippen molar-refractivity contribution in [2.75, 3.05) is 0 Å². The van der Waals surface area contributed by atoms with Crippen molar-refractivity contribution in [1.82, 2.24) is 10.6 Å². The summed E-state index contributed by atoms with van der Waals surface area (Å²) in [5.74, 6) is -0.619. The van der Waals surface area contributed by atoms with Crippen molar-refractivity contribution >= 4 is 46.8 Å². The molecular formula is C20H17ClN2O3S. The minimum Gasteiger partial charge on any atom is -0.488 e. The normalized spacial score (nSPS) is 13.9. The summed E-state index contributed by atoms with van der Waals surface area (Å²) in [5, 5.41) is 5.25. The molecule has 1 aliphatic heterocycles. The van der Waals surface area contributed by atoms with Crippen LogP contribution in [0.4, 0.5) is 0 Å². The number of hydrogen-bond donors (Lipinski definition) is 2. The number of amides is 2. The lowest BCUT2D eigenvalue weighted by Crippen LogP contribution is -2.51. The van der Waals surface area contributed by atoms with Crippen molar-refractivity contribution in [3.05, 3.63) is 69.2 Å². The number of carbonyl (C=O) groups is 2. The number of halogens is 1. The Morgan fingerprint density at radius 1 is 1.04 bits per heavy atom. The summed E-state index contributed by atoms with van der Waals surface area (Å²) < 4.78 is 5.91. The number of benzene rings is 2. The van der Waals surface area contributed by atoms with Crippen LogP contribution >= 0.6 is 23.8 Å². The first-order chi connectivity index (χ1) is 12.8. The van der Waals surface area contributed by atoms with Crippen LogP contribution in [0.1, 0.15) is 22.3 Å². The Kier molecular flexibility index (Phi) is 5.58. The van der Waals surface area contributed by atoms with Crippen LogP contribution in [0.15, 0.2) is 42.0 Å². The summed E-state index contributed by atoms with van der Waals surface area (Å²) in [6.45, 7) is 4.44. The molecule has 5 nitrogen and oxygen atoms in total. The summed E-state index contributed by atoms with van der Waals surface area (Å²) in [4.78, 5) is 24.1. The third-order valence-corrected chi connectivity index (χ3v) is 4.62. The average Bonchev–Trinajstić information content (AvgIpc) is 2.60. The Morgan fingerprint density at radius 2 is 1.74 bits per heavy atom. The number of rotatable bonds is 4. The van der Waals surface area contributed by atoms with Crippen LogP contribution < -0.4 is 15.4 Å². The van der Waals surface area contributed by atoms with Crippen LogP contribution in [0.3, 0.4) is 0 Å². The maximum atomic E-state index is 12.1. The zero-order chi connectivity index (χ0) is 19.6. The second-order valence-electron chi connectivity index (χ2n) is 6.18. The highest BCUT2D eigenvalue weighted by atomic mass is 35.5. The van der Waals surface area contributed by atoms with Gasteiger partial charge in [0.05, 0.1) is 0 Å². The Labute approximate surface area is 167 Å². The highest BCUT2D eigenvalue weighted by Crippen LogP contribution is 2.27. The maximum absolute atomic E-state index is 12.1. The summed E-state index contributed by atoms with van der Waals surface area (Å²) in [6, 6.07) is 11.1. The zero-order valence-corrected chi connectivity index (χ0v) is 16.3. The minimum atomic E-state index is -0.566.